The Hall–Kier alpha value is -4.44. The fourth-order valence-corrected chi connectivity index (χ4v) is 8.43. The largest absolute Gasteiger partial charge is 0.461 e. The van der Waals surface area contributed by atoms with Crippen LogP contribution in [0.4, 0.5) is 0 Å². The number of hydrogen-bond donors (Lipinski definition) is 1. The minimum absolute atomic E-state index is 0.0463. The maximum absolute atomic E-state index is 13.3. The van der Waals surface area contributed by atoms with Crippen molar-refractivity contribution >= 4 is 61.5 Å². The summed E-state index contributed by atoms with van der Waals surface area (Å²) in [6.45, 7) is 5.72. The van der Waals surface area contributed by atoms with Gasteiger partial charge < -0.3 is 14.4 Å². The van der Waals surface area contributed by atoms with Crippen LogP contribution in [0, 0.1) is 0 Å². The van der Waals surface area contributed by atoms with E-state index in [0.717, 1.165) is 75.3 Å². The molecule has 2 aromatic carbocycles. The van der Waals surface area contributed by atoms with E-state index in [1.165, 1.54) is 31.1 Å². The number of aliphatic hydroxyl groups excluding tert-OH is 1. The Morgan fingerprint density at radius 1 is 0.656 bits per heavy atom. The zero-order valence-corrected chi connectivity index (χ0v) is 38.4. The molecule has 2 fully saturated rings. The normalized spacial score (nSPS) is 14.4. The van der Waals surface area contributed by atoms with E-state index in [0.29, 0.717) is 69.3 Å². The molecule has 6 aromatic rings. The van der Waals surface area contributed by atoms with Crippen LogP contribution in [-0.2, 0) is 40.3 Å². The molecule has 4 aromatic heterocycles. The van der Waals surface area contributed by atoms with E-state index in [-0.39, 0.29) is 34.7 Å². The van der Waals surface area contributed by atoms with Gasteiger partial charge in [0.2, 0.25) is 0 Å². The number of halogens is 3. The van der Waals surface area contributed by atoms with Gasteiger partial charge in [0.05, 0.1) is 19.2 Å². The first-order valence-electron chi connectivity index (χ1n) is 21.2. The number of ether oxygens (including phenoxy) is 1. The van der Waals surface area contributed by atoms with Crippen LogP contribution in [0.5, 0.6) is 6.01 Å². The standard InChI is InChI=1S/C22H27ClN4O3.C17H18BrClN4O2.C5H10O/c1-3-4-13-26-20(28)18-19(25(2)22(26)29)24-21(30-17-7-5-6-8-17)27(18)14-15-9-11-16(23)12-10-15;1-3-4-9-22-15(24)13-14(21(2)17(22)25)20-16(18)23(13)10-11-5-7-12(19)8-6-11;6-5-3-1-2-4-5/h9-12,17H,3-8,13-14H2,1-2H3;5-8H,3-4,9-10H2,1-2H3;5-6H,1-4H2. The zero-order valence-electron chi connectivity index (χ0n) is 35.3. The van der Waals surface area contributed by atoms with E-state index in [1.807, 2.05) is 50.2 Å². The van der Waals surface area contributed by atoms with Crippen LogP contribution in [0.3, 0.4) is 0 Å². The molecule has 17 heteroatoms. The van der Waals surface area contributed by atoms with Crippen LogP contribution < -0.4 is 27.2 Å². The van der Waals surface area contributed by atoms with Crippen LogP contribution in [0.15, 0.2) is 72.4 Å². The topological polar surface area (TPSA) is 153 Å². The Morgan fingerprint density at radius 3 is 1.52 bits per heavy atom. The van der Waals surface area contributed by atoms with Gasteiger partial charge in [0.25, 0.3) is 17.1 Å². The maximum atomic E-state index is 13.3. The number of aryl methyl sites for hydroxylation is 2. The molecule has 61 heavy (non-hydrogen) atoms. The van der Waals surface area contributed by atoms with Crippen LogP contribution in [0.25, 0.3) is 22.3 Å². The molecule has 0 saturated heterocycles. The Kier molecular flexibility index (Phi) is 15.9. The van der Waals surface area contributed by atoms with E-state index in [9.17, 15) is 19.2 Å². The van der Waals surface area contributed by atoms with Gasteiger partial charge >= 0.3 is 11.4 Å². The van der Waals surface area contributed by atoms with Crippen molar-refractivity contribution in [3.63, 3.8) is 0 Å². The van der Waals surface area contributed by atoms with Crippen LogP contribution in [-0.4, -0.2) is 54.7 Å². The first kappa shape index (κ1) is 46.1. The van der Waals surface area contributed by atoms with Gasteiger partial charge in [-0.05, 0) is 103 Å². The third kappa shape index (κ3) is 10.8. The first-order valence-corrected chi connectivity index (χ1v) is 22.8. The van der Waals surface area contributed by atoms with Gasteiger partial charge in [-0.1, -0.05) is 87.0 Å². The quantitative estimate of drug-likeness (QED) is 0.122. The minimum Gasteiger partial charge on any atom is -0.461 e. The van der Waals surface area contributed by atoms with Crippen LogP contribution in [0.1, 0.15) is 102 Å². The Labute approximate surface area is 372 Å². The maximum Gasteiger partial charge on any atom is 0.332 e. The summed E-state index contributed by atoms with van der Waals surface area (Å²) >= 11 is 15.4. The number of aliphatic hydroxyl groups is 1. The summed E-state index contributed by atoms with van der Waals surface area (Å²) in [4.78, 5) is 60.5. The smallest absolute Gasteiger partial charge is 0.332 e. The molecule has 0 radical (unpaired) electrons. The molecule has 2 aliphatic rings. The van der Waals surface area contributed by atoms with Crippen molar-refractivity contribution in [3.05, 3.63) is 116 Å². The monoisotopic (exact) mass is 940 g/mol. The van der Waals surface area contributed by atoms with Crippen molar-refractivity contribution in [2.75, 3.05) is 0 Å². The van der Waals surface area contributed by atoms with Gasteiger partial charge in [-0.15, -0.1) is 0 Å². The minimum atomic E-state index is -0.343. The van der Waals surface area contributed by atoms with Crippen molar-refractivity contribution in [3.8, 4) is 6.01 Å². The van der Waals surface area contributed by atoms with Crippen molar-refractivity contribution in [1.29, 1.82) is 0 Å². The summed E-state index contributed by atoms with van der Waals surface area (Å²) in [5.74, 6) is 0. The highest BCUT2D eigenvalue weighted by Crippen LogP contribution is 2.27. The molecule has 8 rings (SSSR count). The molecule has 0 bridgehead atoms. The number of rotatable bonds is 12. The van der Waals surface area contributed by atoms with E-state index >= 15 is 0 Å². The molecule has 0 atom stereocenters. The number of hydrogen-bond acceptors (Lipinski definition) is 8. The van der Waals surface area contributed by atoms with Gasteiger partial charge in [-0.3, -0.25) is 32.4 Å². The molecule has 0 aliphatic heterocycles. The summed E-state index contributed by atoms with van der Waals surface area (Å²) in [5.41, 5.74) is 2.21. The van der Waals surface area contributed by atoms with Gasteiger partial charge in [0.1, 0.15) is 6.10 Å². The van der Waals surface area contributed by atoms with Crippen molar-refractivity contribution in [1.82, 2.24) is 37.4 Å². The highest BCUT2D eigenvalue weighted by Gasteiger charge is 2.25. The summed E-state index contributed by atoms with van der Waals surface area (Å²) in [6.07, 6.45) is 12.2. The second-order valence-electron chi connectivity index (χ2n) is 15.8. The van der Waals surface area contributed by atoms with E-state index in [1.54, 1.807) is 35.4 Å². The molecule has 1 N–H and O–H groups in total. The van der Waals surface area contributed by atoms with Gasteiger partial charge in [-0.2, -0.15) is 4.98 Å². The lowest BCUT2D eigenvalue weighted by atomic mass is 10.2. The third-order valence-corrected chi connectivity index (χ3v) is 12.4. The number of benzene rings is 2. The molecule has 0 unspecified atom stereocenters. The van der Waals surface area contributed by atoms with Crippen LogP contribution in [0.2, 0.25) is 10.0 Å². The summed E-state index contributed by atoms with van der Waals surface area (Å²) in [6, 6.07) is 15.3. The molecular weight excluding hydrogens is 887 g/mol. The fraction of sp³-hybridized carbons (Fsp3) is 0.500. The lowest BCUT2D eigenvalue weighted by molar-refractivity contribution is 0.183. The highest BCUT2D eigenvalue weighted by molar-refractivity contribution is 9.10. The molecule has 328 valence electrons. The first-order chi connectivity index (χ1) is 29.3. The summed E-state index contributed by atoms with van der Waals surface area (Å²) in [7, 11) is 3.30. The number of aromatic nitrogens is 8. The summed E-state index contributed by atoms with van der Waals surface area (Å²) in [5, 5.41) is 10.0. The molecule has 2 saturated carbocycles. The Morgan fingerprint density at radius 2 is 1.08 bits per heavy atom. The van der Waals surface area contributed by atoms with Gasteiger partial charge in [0, 0.05) is 37.2 Å². The number of fused-ring (bicyclic) bond motifs is 2. The lowest BCUT2D eigenvalue weighted by Gasteiger charge is -2.14. The average molecular weight is 943 g/mol. The van der Waals surface area contributed by atoms with Crippen LogP contribution >= 0.6 is 39.1 Å². The van der Waals surface area contributed by atoms with Crippen molar-refractivity contribution in [2.24, 2.45) is 14.1 Å². The molecular formula is C44H55BrCl2N8O6. The average Bonchev–Trinajstić information content (AvgIpc) is 4.08. The summed E-state index contributed by atoms with van der Waals surface area (Å²) < 4.78 is 15.8. The number of unbranched alkanes of at least 4 members (excludes halogenated alkanes) is 2. The Balaban J connectivity index is 0.000000181. The molecule has 14 nitrogen and oxygen atoms in total. The molecule has 0 spiro atoms. The predicted molar refractivity (Wildman–Crippen MR) is 244 cm³/mol. The second-order valence-corrected chi connectivity index (χ2v) is 17.4. The SMILES string of the molecule is CCCCn1c(=O)c2c(nc(Br)n2Cc2ccc(Cl)cc2)n(C)c1=O.CCCCn1c(=O)c2c(nc(OC3CCCC3)n2Cc2ccc(Cl)cc2)n(C)c1=O.OC1CCCC1. The van der Waals surface area contributed by atoms with Crippen molar-refractivity contribution in [2.45, 2.75) is 129 Å². The van der Waals surface area contributed by atoms with Gasteiger partial charge in [-0.25, -0.2) is 14.6 Å². The Bertz CT molecular complexity index is 2670. The molecule has 4 heterocycles. The molecule has 2 aliphatic carbocycles. The zero-order chi connectivity index (χ0) is 43.8. The third-order valence-electron chi connectivity index (χ3n) is 11.3. The van der Waals surface area contributed by atoms with Crippen molar-refractivity contribution < 1.29 is 9.84 Å². The second kappa shape index (κ2) is 21.1. The van der Waals surface area contributed by atoms with E-state index < -0.39 is 0 Å². The predicted octanol–water partition coefficient (Wildman–Crippen LogP) is 7.80. The number of nitrogens with zero attached hydrogens (tertiary/aromatic N) is 8. The number of imidazole rings is 2. The van der Waals surface area contributed by atoms with Gasteiger partial charge in [0.15, 0.2) is 27.1 Å². The lowest BCUT2D eigenvalue weighted by Crippen LogP contribution is -2.39. The molecule has 0 amide bonds. The van der Waals surface area contributed by atoms with E-state index in [4.69, 9.17) is 33.0 Å². The highest BCUT2D eigenvalue weighted by atomic mass is 79.9. The fourth-order valence-electron chi connectivity index (χ4n) is 7.71. The van der Waals surface area contributed by atoms with E-state index in [2.05, 4.69) is 25.9 Å².